The van der Waals surface area contributed by atoms with Gasteiger partial charge in [0, 0.05) is 30.9 Å². The first-order valence-corrected chi connectivity index (χ1v) is 11.0. The zero-order valence-corrected chi connectivity index (χ0v) is 16.8. The van der Waals surface area contributed by atoms with E-state index >= 15 is 0 Å². The molecule has 2 aromatic rings. The van der Waals surface area contributed by atoms with Gasteiger partial charge in [-0.3, -0.25) is 19.6 Å². The molecule has 3 aliphatic heterocycles. The van der Waals surface area contributed by atoms with Gasteiger partial charge in [-0.15, -0.1) is 0 Å². The molecule has 0 spiro atoms. The molecule has 7 heteroatoms. The number of hydrogen-bond acceptors (Lipinski definition) is 4. The topological polar surface area (TPSA) is 81.3 Å². The van der Waals surface area contributed by atoms with Crippen LogP contribution in [0.25, 0.3) is 10.9 Å². The van der Waals surface area contributed by atoms with Crippen LogP contribution >= 0.6 is 0 Å². The van der Waals surface area contributed by atoms with E-state index in [0.29, 0.717) is 24.3 Å². The first kappa shape index (κ1) is 18.6. The molecular weight excluding hydrogens is 366 g/mol. The minimum absolute atomic E-state index is 0.00799. The Bertz CT molecular complexity index is 907. The van der Waals surface area contributed by atoms with Gasteiger partial charge < -0.3 is 10.2 Å². The maximum atomic E-state index is 12.8. The van der Waals surface area contributed by atoms with Gasteiger partial charge in [-0.1, -0.05) is 18.6 Å². The van der Waals surface area contributed by atoms with Crippen LogP contribution in [0.4, 0.5) is 5.82 Å². The lowest BCUT2D eigenvalue weighted by atomic mass is 9.83. The second-order valence-corrected chi connectivity index (χ2v) is 8.74. The molecular formula is C22H29N5O2. The molecule has 1 aromatic heterocycles. The third-order valence-corrected chi connectivity index (χ3v) is 6.97. The van der Waals surface area contributed by atoms with E-state index < -0.39 is 0 Å². The van der Waals surface area contributed by atoms with Gasteiger partial charge in [-0.05, 0) is 56.8 Å². The lowest BCUT2D eigenvalue weighted by Gasteiger charge is -2.44. The summed E-state index contributed by atoms with van der Waals surface area (Å²) in [6.07, 6.45) is 6.53. The average Bonchev–Trinajstić information content (AvgIpc) is 3.35. The molecule has 0 saturated carbocycles. The number of H-pyrrole nitrogens is 1. The minimum Gasteiger partial charge on any atom is -0.355 e. The van der Waals surface area contributed by atoms with Crippen molar-refractivity contribution in [2.75, 3.05) is 31.1 Å². The number of carbonyl (C=O) groups excluding carboxylic acids is 2. The predicted octanol–water partition coefficient (Wildman–Crippen LogP) is 2.30. The number of hydrogen-bond donors (Lipinski definition) is 2. The number of amides is 2. The third kappa shape index (κ3) is 3.52. The number of rotatable bonds is 4. The van der Waals surface area contributed by atoms with Crippen molar-refractivity contribution < 1.29 is 9.59 Å². The van der Waals surface area contributed by atoms with Crippen LogP contribution in [0.15, 0.2) is 24.3 Å². The van der Waals surface area contributed by atoms with Gasteiger partial charge in [-0.25, -0.2) is 0 Å². The van der Waals surface area contributed by atoms with Gasteiger partial charge >= 0.3 is 0 Å². The first-order chi connectivity index (χ1) is 14.2. The summed E-state index contributed by atoms with van der Waals surface area (Å²) in [6.45, 7) is 3.55. The van der Waals surface area contributed by atoms with Gasteiger partial charge in [0.2, 0.25) is 11.8 Å². The number of anilines is 1. The Morgan fingerprint density at radius 2 is 2.03 bits per heavy atom. The zero-order valence-electron chi connectivity index (χ0n) is 16.8. The number of nitrogens with zero attached hydrogens (tertiary/aromatic N) is 3. The highest BCUT2D eigenvalue weighted by molar-refractivity contribution is 6.05. The summed E-state index contributed by atoms with van der Waals surface area (Å²) in [5, 5.41) is 11.4. The minimum atomic E-state index is -0.302. The van der Waals surface area contributed by atoms with Gasteiger partial charge in [0.15, 0.2) is 5.82 Å². The number of aromatic nitrogens is 2. The van der Waals surface area contributed by atoms with Crippen LogP contribution in [0.2, 0.25) is 0 Å². The molecule has 3 aliphatic rings. The van der Waals surface area contributed by atoms with Gasteiger partial charge in [0.1, 0.15) is 0 Å². The SMILES string of the molecule is O=C(NC[C@@H]1CCCN2CCCC[C@@H]12)[C@@H]1CC(=O)N(c2n[nH]c3ccccc23)C1. The first-order valence-electron chi connectivity index (χ1n) is 11.0. The van der Waals surface area contributed by atoms with Gasteiger partial charge in [-0.2, -0.15) is 5.10 Å². The van der Waals surface area contributed by atoms with Crippen LogP contribution in [0, 0.1) is 11.8 Å². The lowest BCUT2D eigenvalue weighted by molar-refractivity contribution is -0.126. The Hall–Kier alpha value is -2.41. The standard InChI is InChI=1S/C22H29N5O2/c28-20-12-16(14-27(20)21-17-7-1-2-8-18(17)24-25-21)22(29)23-13-15-6-5-11-26-10-4-3-9-19(15)26/h1-2,7-8,15-16,19H,3-6,9-14H2,(H,23,29)(H,24,25)/t15-,16+,19-/m0/s1. The average molecular weight is 396 g/mol. The quantitative estimate of drug-likeness (QED) is 0.832. The highest BCUT2D eigenvalue weighted by atomic mass is 16.2. The summed E-state index contributed by atoms with van der Waals surface area (Å²) in [4.78, 5) is 29.7. The molecule has 2 amide bonds. The number of benzene rings is 1. The molecule has 3 atom stereocenters. The Kier molecular flexibility index (Phi) is 4.99. The third-order valence-electron chi connectivity index (χ3n) is 6.97. The highest BCUT2D eigenvalue weighted by Gasteiger charge is 2.38. The summed E-state index contributed by atoms with van der Waals surface area (Å²) in [6, 6.07) is 8.38. The number of fused-ring (bicyclic) bond motifs is 2. The molecule has 0 aliphatic carbocycles. The van der Waals surface area contributed by atoms with E-state index in [1.165, 1.54) is 45.2 Å². The van der Waals surface area contributed by atoms with Crippen molar-refractivity contribution in [2.45, 2.75) is 44.6 Å². The Balaban J connectivity index is 1.21. The molecule has 1 aromatic carbocycles. The molecule has 154 valence electrons. The largest absolute Gasteiger partial charge is 0.355 e. The Morgan fingerprint density at radius 3 is 2.97 bits per heavy atom. The number of aromatic amines is 1. The number of nitrogens with one attached hydrogen (secondary N) is 2. The Labute approximate surface area is 170 Å². The van der Waals surface area contributed by atoms with Crippen LogP contribution in [0.1, 0.15) is 38.5 Å². The normalized spacial score (nSPS) is 27.9. The summed E-state index contributed by atoms with van der Waals surface area (Å²) in [5.41, 5.74) is 0.900. The Morgan fingerprint density at radius 1 is 1.17 bits per heavy atom. The maximum absolute atomic E-state index is 12.8. The lowest BCUT2D eigenvalue weighted by Crippen LogP contribution is -2.51. The van der Waals surface area contributed by atoms with Crippen molar-refractivity contribution >= 4 is 28.5 Å². The van der Waals surface area contributed by atoms with Crippen molar-refractivity contribution in [2.24, 2.45) is 11.8 Å². The number of carbonyl (C=O) groups is 2. The van der Waals surface area contributed by atoms with E-state index in [4.69, 9.17) is 0 Å². The zero-order chi connectivity index (χ0) is 19.8. The van der Waals surface area contributed by atoms with Crippen molar-refractivity contribution in [1.29, 1.82) is 0 Å². The molecule has 2 N–H and O–H groups in total. The van der Waals surface area contributed by atoms with Crippen molar-refractivity contribution in [3.8, 4) is 0 Å². The summed E-state index contributed by atoms with van der Waals surface area (Å²) in [7, 11) is 0. The van der Waals surface area contributed by atoms with E-state index in [-0.39, 0.29) is 24.2 Å². The highest BCUT2D eigenvalue weighted by Crippen LogP contribution is 2.32. The molecule has 5 rings (SSSR count). The summed E-state index contributed by atoms with van der Waals surface area (Å²) >= 11 is 0. The molecule has 29 heavy (non-hydrogen) atoms. The molecule has 0 bridgehead atoms. The van der Waals surface area contributed by atoms with Crippen molar-refractivity contribution in [3.05, 3.63) is 24.3 Å². The van der Waals surface area contributed by atoms with E-state index in [2.05, 4.69) is 20.4 Å². The van der Waals surface area contributed by atoms with E-state index in [1.54, 1.807) is 4.90 Å². The van der Waals surface area contributed by atoms with E-state index in [1.807, 2.05) is 24.3 Å². The fourth-order valence-corrected chi connectivity index (χ4v) is 5.43. The second-order valence-electron chi connectivity index (χ2n) is 8.74. The monoisotopic (exact) mass is 395 g/mol. The van der Waals surface area contributed by atoms with Crippen LogP contribution in [-0.4, -0.2) is 59.1 Å². The molecule has 3 saturated heterocycles. The van der Waals surface area contributed by atoms with Gasteiger partial charge in [0.25, 0.3) is 0 Å². The van der Waals surface area contributed by atoms with Crippen molar-refractivity contribution in [3.63, 3.8) is 0 Å². The van der Waals surface area contributed by atoms with Gasteiger partial charge in [0.05, 0.1) is 11.4 Å². The molecule has 3 fully saturated rings. The number of piperidine rings is 2. The fraction of sp³-hybridized carbons (Fsp3) is 0.591. The molecule has 0 radical (unpaired) electrons. The predicted molar refractivity (Wildman–Crippen MR) is 111 cm³/mol. The number of para-hydroxylation sites is 1. The smallest absolute Gasteiger partial charge is 0.229 e. The summed E-state index contributed by atoms with van der Waals surface area (Å²) < 4.78 is 0. The molecule has 4 heterocycles. The van der Waals surface area contributed by atoms with Crippen LogP contribution < -0.4 is 10.2 Å². The van der Waals surface area contributed by atoms with Crippen LogP contribution in [0.3, 0.4) is 0 Å². The maximum Gasteiger partial charge on any atom is 0.229 e. The van der Waals surface area contributed by atoms with Crippen LogP contribution in [-0.2, 0) is 9.59 Å². The van der Waals surface area contributed by atoms with Crippen LogP contribution in [0.5, 0.6) is 0 Å². The fourth-order valence-electron chi connectivity index (χ4n) is 5.43. The van der Waals surface area contributed by atoms with E-state index in [9.17, 15) is 9.59 Å². The summed E-state index contributed by atoms with van der Waals surface area (Å²) in [5.74, 6) is 0.846. The van der Waals surface area contributed by atoms with Crippen molar-refractivity contribution in [1.82, 2.24) is 20.4 Å². The molecule has 0 unspecified atom stereocenters. The van der Waals surface area contributed by atoms with E-state index in [0.717, 1.165) is 17.4 Å². The molecule has 7 nitrogen and oxygen atoms in total. The second kappa shape index (κ2) is 7.78.